The molecular formula is C19H24FN5. The topological polar surface area (TPSA) is 44.6 Å². The molecule has 0 N–H and O–H groups in total. The summed E-state index contributed by atoms with van der Waals surface area (Å²) in [5.41, 5.74) is 2.59. The number of likely N-dealkylation sites (N-methyl/N-ethyl adjacent to an activating group) is 1. The number of aromatic nitrogens is 2. The van der Waals surface area contributed by atoms with E-state index in [1.807, 2.05) is 19.1 Å². The minimum atomic E-state index is -0.357. The van der Waals surface area contributed by atoms with Crippen molar-refractivity contribution in [1.29, 1.82) is 0 Å². The van der Waals surface area contributed by atoms with E-state index in [1.165, 1.54) is 6.07 Å². The molecule has 0 radical (unpaired) electrons. The number of aryl methyl sites for hydroxylation is 1. The summed E-state index contributed by atoms with van der Waals surface area (Å²) >= 11 is 0. The molecule has 0 atom stereocenters. The number of aliphatic imine (C=N–C) groups is 1. The van der Waals surface area contributed by atoms with E-state index in [1.54, 1.807) is 19.3 Å². The Hall–Kier alpha value is -2.34. The summed E-state index contributed by atoms with van der Waals surface area (Å²) in [6, 6.07) is 7.02. The predicted octanol–water partition coefficient (Wildman–Crippen LogP) is 2.40. The van der Waals surface area contributed by atoms with Gasteiger partial charge in [-0.1, -0.05) is 6.92 Å². The number of piperazine rings is 1. The standard InChI is InChI=1S/C19H24FN5/c1-4-16-14(6-5-9-22-16)18(21-2)19-15(20)7-8-17(23-19)25-12-10-24(3)11-13-25/h5-9H,4,10-13H2,1-3H3. The van der Waals surface area contributed by atoms with Gasteiger partial charge in [-0.05, 0) is 37.7 Å². The summed E-state index contributed by atoms with van der Waals surface area (Å²) in [4.78, 5) is 17.8. The van der Waals surface area contributed by atoms with Gasteiger partial charge in [0.15, 0.2) is 5.82 Å². The summed E-state index contributed by atoms with van der Waals surface area (Å²) in [6.45, 7) is 5.77. The van der Waals surface area contributed by atoms with Crippen molar-refractivity contribution in [2.45, 2.75) is 13.3 Å². The fourth-order valence-corrected chi connectivity index (χ4v) is 3.10. The van der Waals surface area contributed by atoms with Gasteiger partial charge < -0.3 is 9.80 Å². The van der Waals surface area contributed by atoms with Gasteiger partial charge in [-0.25, -0.2) is 9.37 Å². The molecule has 3 heterocycles. The molecule has 2 aromatic rings. The molecule has 1 saturated heterocycles. The Balaban J connectivity index is 1.99. The number of hydrogen-bond acceptors (Lipinski definition) is 5. The SMILES string of the molecule is CCc1ncccc1C(=NC)c1nc(N2CCN(C)CC2)ccc1F. The van der Waals surface area contributed by atoms with Gasteiger partial charge in [0.1, 0.15) is 11.5 Å². The van der Waals surface area contributed by atoms with E-state index in [4.69, 9.17) is 0 Å². The van der Waals surface area contributed by atoms with Crippen molar-refractivity contribution >= 4 is 11.5 Å². The van der Waals surface area contributed by atoms with Crippen molar-refractivity contribution in [3.63, 3.8) is 0 Å². The zero-order valence-corrected chi connectivity index (χ0v) is 15.0. The molecule has 132 valence electrons. The molecule has 0 spiro atoms. The van der Waals surface area contributed by atoms with Crippen LogP contribution in [0.3, 0.4) is 0 Å². The lowest BCUT2D eigenvalue weighted by Crippen LogP contribution is -2.45. The van der Waals surface area contributed by atoms with Crippen LogP contribution in [0.25, 0.3) is 0 Å². The van der Waals surface area contributed by atoms with Crippen LogP contribution in [0.1, 0.15) is 23.9 Å². The monoisotopic (exact) mass is 341 g/mol. The summed E-state index contributed by atoms with van der Waals surface area (Å²) in [6.07, 6.45) is 2.51. The molecule has 6 heteroatoms. The fourth-order valence-electron chi connectivity index (χ4n) is 3.10. The molecule has 0 amide bonds. The van der Waals surface area contributed by atoms with Crippen molar-refractivity contribution in [2.24, 2.45) is 4.99 Å². The van der Waals surface area contributed by atoms with Gasteiger partial charge in [0.05, 0.1) is 5.71 Å². The van der Waals surface area contributed by atoms with Crippen LogP contribution in [0, 0.1) is 5.82 Å². The zero-order chi connectivity index (χ0) is 17.8. The molecule has 1 aliphatic rings. The molecule has 0 aromatic carbocycles. The zero-order valence-electron chi connectivity index (χ0n) is 15.0. The molecule has 1 aliphatic heterocycles. The van der Waals surface area contributed by atoms with E-state index >= 15 is 0 Å². The average Bonchev–Trinajstić information content (AvgIpc) is 2.65. The van der Waals surface area contributed by atoms with Crippen LogP contribution in [0.15, 0.2) is 35.5 Å². The lowest BCUT2D eigenvalue weighted by Gasteiger charge is -2.33. The highest BCUT2D eigenvalue weighted by molar-refractivity contribution is 6.12. The van der Waals surface area contributed by atoms with Gasteiger partial charge >= 0.3 is 0 Å². The van der Waals surface area contributed by atoms with Crippen molar-refractivity contribution in [3.8, 4) is 0 Å². The van der Waals surface area contributed by atoms with Gasteiger partial charge in [-0.15, -0.1) is 0 Å². The fraction of sp³-hybridized carbons (Fsp3) is 0.421. The molecule has 0 unspecified atom stereocenters. The second-order valence-electron chi connectivity index (χ2n) is 6.21. The van der Waals surface area contributed by atoms with Crippen molar-refractivity contribution in [1.82, 2.24) is 14.9 Å². The maximum absolute atomic E-state index is 14.6. The molecule has 3 rings (SSSR count). The van der Waals surface area contributed by atoms with Crippen molar-refractivity contribution < 1.29 is 4.39 Å². The van der Waals surface area contributed by atoms with Crippen molar-refractivity contribution in [2.75, 3.05) is 45.2 Å². The van der Waals surface area contributed by atoms with Crippen LogP contribution in [-0.4, -0.2) is 60.9 Å². The lowest BCUT2D eigenvalue weighted by molar-refractivity contribution is 0.312. The summed E-state index contributed by atoms with van der Waals surface area (Å²) < 4.78 is 14.6. The van der Waals surface area contributed by atoms with Gasteiger partial charge in [0.25, 0.3) is 0 Å². The van der Waals surface area contributed by atoms with Crippen LogP contribution in [0.4, 0.5) is 10.2 Å². The Morgan fingerprint density at radius 3 is 2.64 bits per heavy atom. The minimum Gasteiger partial charge on any atom is -0.354 e. The Kier molecular flexibility index (Phi) is 5.38. The van der Waals surface area contributed by atoms with Crippen LogP contribution in [0.5, 0.6) is 0 Å². The van der Waals surface area contributed by atoms with Crippen LogP contribution in [0.2, 0.25) is 0 Å². The molecule has 5 nitrogen and oxygen atoms in total. The van der Waals surface area contributed by atoms with Crippen LogP contribution >= 0.6 is 0 Å². The highest BCUT2D eigenvalue weighted by atomic mass is 19.1. The van der Waals surface area contributed by atoms with E-state index in [0.717, 1.165) is 49.7 Å². The molecular weight excluding hydrogens is 317 g/mol. The number of hydrogen-bond donors (Lipinski definition) is 0. The first-order valence-corrected chi connectivity index (χ1v) is 8.65. The summed E-state index contributed by atoms with van der Waals surface area (Å²) in [5.74, 6) is 0.442. The third-order valence-electron chi connectivity index (χ3n) is 4.59. The minimum absolute atomic E-state index is 0.293. The van der Waals surface area contributed by atoms with Gasteiger partial charge in [-0.2, -0.15) is 0 Å². The third-order valence-corrected chi connectivity index (χ3v) is 4.59. The number of halogens is 1. The Labute approximate surface area is 148 Å². The normalized spacial score (nSPS) is 16.3. The van der Waals surface area contributed by atoms with E-state index in [0.29, 0.717) is 11.4 Å². The maximum Gasteiger partial charge on any atom is 0.151 e. The lowest BCUT2D eigenvalue weighted by atomic mass is 10.0. The summed E-state index contributed by atoms with van der Waals surface area (Å²) in [5, 5.41) is 0. The first kappa shape index (κ1) is 17.5. The maximum atomic E-state index is 14.6. The Morgan fingerprint density at radius 2 is 1.96 bits per heavy atom. The van der Waals surface area contributed by atoms with Crippen LogP contribution in [-0.2, 0) is 6.42 Å². The first-order valence-electron chi connectivity index (χ1n) is 8.65. The van der Waals surface area contributed by atoms with E-state index < -0.39 is 0 Å². The van der Waals surface area contributed by atoms with Crippen LogP contribution < -0.4 is 4.90 Å². The smallest absolute Gasteiger partial charge is 0.151 e. The van der Waals surface area contributed by atoms with E-state index in [-0.39, 0.29) is 5.82 Å². The number of nitrogens with zero attached hydrogens (tertiary/aromatic N) is 5. The van der Waals surface area contributed by atoms with Gasteiger partial charge in [-0.3, -0.25) is 9.98 Å². The number of anilines is 1. The van der Waals surface area contributed by atoms with E-state index in [2.05, 4.69) is 31.8 Å². The second kappa shape index (κ2) is 7.70. The quantitative estimate of drug-likeness (QED) is 0.801. The predicted molar refractivity (Wildman–Crippen MR) is 99.1 cm³/mol. The molecule has 2 aromatic heterocycles. The number of rotatable bonds is 4. The highest BCUT2D eigenvalue weighted by Gasteiger charge is 2.20. The van der Waals surface area contributed by atoms with Crippen molar-refractivity contribution in [3.05, 3.63) is 53.2 Å². The largest absolute Gasteiger partial charge is 0.354 e. The Morgan fingerprint density at radius 1 is 1.20 bits per heavy atom. The van der Waals surface area contributed by atoms with E-state index in [9.17, 15) is 4.39 Å². The number of pyridine rings is 2. The van der Waals surface area contributed by atoms with Gasteiger partial charge in [0, 0.05) is 50.7 Å². The summed E-state index contributed by atoms with van der Waals surface area (Å²) in [7, 11) is 3.78. The molecule has 0 aliphatic carbocycles. The molecule has 1 fully saturated rings. The first-order chi connectivity index (χ1) is 12.1. The molecule has 0 saturated carbocycles. The molecule has 25 heavy (non-hydrogen) atoms. The molecule has 0 bridgehead atoms. The average molecular weight is 341 g/mol. The highest BCUT2D eigenvalue weighted by Crippen LogP contribution is 2.20. The third kappa shape index (κ3) is 3.69. The second-order valence-corrected chi connectivity index (χ2v) is 6.21. The Bertz CT molecular complexity index is 766. The van der Waals surface area contributed by atoms with Gasteiger partial charge in [0.2, 0.25) is 0 Å².